The van der Waals surface area contributed by atoms with Gasteiger partial charge in [0.15, 0.2) is 0 Å². The second-order valence-corrected chi connectivity index (χ2v) is 16.0. The Hall–Kier alpha value is -1.16. The second-order valence-electron chi connectivity index (χ2n) is 6.53. The Morgan fingerprint density at radius 2 is 1.00 bits per heavy atom. The van der Waals surface area contributed by atoms with Crippen molar-refractivity contribution in [2.45, 2.75) is 0 Å². The van der Waals surface area contributed by atoms with Gasteiger partial charge in [0, 0.05) is 0 Å². The van der Waals surface area contributed by atoms with Crippen LogP contribution in [0.15, 0.2) is 91.0 Å². The Kier molecular flexibility index (Phi) is 6.24. The van der Waals surface area contributed by atoms with Crippen LogP contribution in [0, 0.1) is 31.3 Å². The van der Waals surface area contributed by atoms with E-state index in [1.54, 1.807) is 0 Å². The molecule has 1 saturated carbocycles. The highest BCUT2D eigenvalue weighted by molar-refractivity contribution is 8.63. The molecule has 0 heterocycles. The highest BCUT2D eigenvalue weighted by atomic mass is 32.9. The molecule has 5 radical (unpaired) electrons. The van der Waals surface area contributed by atoms with Gasteiger partial charge in [-0.1, -0.05) is 103 Å². The first kappa shape index (κ1) is 20.1. The van der Waals surface area contributed by atoms with Gasteiger partial charge >= 0.3 is 0 Å². The summed E-state index contributed by atoms with van der Waals surface area (Å²) in [5, 5.41) is 3.51. The van der Waals surface area contributed by atoms with Crippen LogP contribution in [-0.2, 0) is 16.0 Å². The third-order valence-electron chi connectivity index (χ3n) is 4.77. The molecular formula is C23H20OPS2Si. The van der Waals surface area contributed by atoms with E-state index in [1.165, 1.54) is 15.6 Å². The molecule has 3 aromatic carbocycles. The average molecular weight is 436 g/mol. The second kappa shape index (κ2) is 8.69. The lowest BCUT2D eigenvalue weighted by Crippen LogP contribution is -2.68. The van der Waals surface area contributed by atoms with Crippen LogP contribution in [0.25, 0.3) is 0 Å². The first-order valence-corrected chi connectivity index (χ1v) is 14.8. The molecule has 1 atom stereocenters. The van der Waals surface area contributed by atoms with E-state index in [0.717, 1.165) is 5.66 Å². The summed E-state index contributed by atoms with van der Waals surface area (Å²) in [6.07, 6.45) is 8.03. The number of benzene rings is 3. The van der Waals surface area contributed by atoms with E-state index in [-0.39, 0.29) is 0 Å². The predicted octanol–water partition coefficient (Wildman–Crippen LogP) is 4.27. The van der Waals surface area contributed by atoms with Gasteiger partial charge in [-0.05, 0) is 41.2 Å². The van der Waals surface area contributed by atoms with Gasteiger partial charge in [-0.15, -0.1) is 12.2 Å². The molecule has 1 unspecified atom stereocenters. The minimum atomic E-state index is -2.85. The van der Waals surface area contributed by atoms with E-state index in [4.69, 9.17) is 28.3 Å². The third kappa shape index (κ3) is 3.94. The summed E-state index contributed by atoms with van der Waals surface area (Å²) >= 11 is 10.9. The van der Waals surface area contributed by atoms with Crippen molar-refractivity contribution in [1.82, 2.24) is 0 Å². The monoisotopic (exact) mass is 435 g/mol. The van der Waals surface area contributed by atoms with Gasteiger partial charge in [-0.2, -0.15) is 0 Å². The lowest BCUT2D eigenvalue weighted by Gasteiger charge is -2.38. The molecule has 0 aromatic heterocycles. The normalized spacial score (nSPS) is 17.3. The van der Waals surface area contributed by atoms with Gasteiger partial charge in [0.05, 0.1) is 5.66 Å². The fourth-order valence-corrected chi connectivity index (χ4v) is 13.0. The highest BCUT2D eigenvalue weighted by Crippen LogP contribution is 2.66. The molecule has 4 rings (SSSR count). The summed E-state index contributed by atoms with van der Waals surface area (Å²) in [7, 11) is -2.85. The van der Waals surface area contributed by atoms with Crippen molar-refractivity contribution in [1.29, 1.82) is 0 Å². The Bertz CT molecular complexity index is 847. The maximum Gasteiger partial charge on any atom is 0.294 e. The van der Waals surface area contributed by atoms with Crippen LogP contribution < -0.4 is 15.6 Å². The summed E-state index contributed by atoms with van der Waals surface area (Å²) in [5.41, 5.74) is -1.53. The van der Waals surface area contributed by atoms with Crippen molar-refractivity contribution in [3.05, 3.63) is 122 Å². The lowest BCUT2D eigenvalue weighted by molar-refractivity contribution is 0.655. The maximum atomic E-state index is 7.06. The van der Waals surface area contributed by atoms with Crippen LogP contribution in [0.1, 0.15) is 0 Å². The minimum absolute atomic E-state index is 0.991. The fraction of sp³-hybridized carbons (Fsp3) is 0. The summed E-state index contributed by atoms with van der Waals surface area (Å²) in [5.74, 6) is 0. The zero-order valence-corrected chi connectivity index (χ0v) is 18.8. The SMILES string of the molecule is S=P(S)(O[Si](c1ccccc1)(c1ccccc1)c1ccccc1)[C]1[CH][CH][CH][CH]1. The van der Waals surface area contributed by atoms with E-state index in [1.807, 2.05) is 43.9 Å². The minimum Gasteiger partial charge on any atom is -0.367 e. The molecule has 0 bridgehead atoms. The van der Waals surface area contributed by atoms with E-state index >= 15 is 0 Å². The molecule has 0 N–H and O–H groups in total. The number of thiol groups is 1. The highest BCUT2D eigenvalue weighted by Gasteiger charge is 2.47. The van der Waals surface area contributed by atoms with Gasteiger partial charge < -0.3 is 4.21 Å². The molecule has 5 heteroatoms. The zero-order chi connectivity index (χ0) is 19.5. The summed E-state index contributed by atoms with van der Waals surface area (Å²) in [6.45, 7) is 0. The Balaban J connectivity index is 1.94. The Labute approximate surface area is 179 Å². The largest absolute Gasteiger partial charge is 0.367 e. The van der Waals surface area contributed by atoms with Gasteiger partial charge in [0.2, 0.25) is 0 Å². The molecule has 0 spiro atoms. The molecule has 1 fully saturated rings. The van der Waals surface area contributed by atoms with Crippen molar-refractivity contribution in [3.8, 4) is 0 Å². The molecule has 1 aliphatic carbocycles. The molecule has 0 amide bonds. The van der Waals surface area contributed by atoms with Crippen LogP contribution >= 0.6 is 17.7 Å². The predicted molar refractivity (Wildman–Crippen MR) is 129 cm³/mol. The van der Waals surface area contributed by atoms with Crippen LogP contribution in [0.5, 0.6) is 0 Å². The molecule has 0 saturated heterocycles. The third-order valence-corrected chi connectivity index (χ3v) is 14.0. The Morgan fingerprint density at radius 1 is 0.643 bits per heavy atom. The molecular weight excluding hydrogens is 415 g/mol. The molecule has 0 aliphatic heterocycles. The Morgan fingerprint density at radius 3 is 1.36 bits per heavy atom. The standard InChI is InChI=1S/C23H20OPS2Si/c26-25(27,20-12-10-11-13-20)24-28(21-14-4-1-5-15-21,22-16-6-2-7-17-22)23-18-8-3-9-19-23/h1-19H,(H,26,27). The van der Waals surface area contributed by atoms with E-state index < -0.39 is 13.8 Å². The van der Waals surface area contributed by atoms with E-state index in [0.29, 0.717) is 0 Å². The van der Waals surface area contributed by atoms with Crippen LogP contribution in [0.3, 0.4) is 0 Å². The first-order chi connectivity index (χ1) is 13.6. The summed E-state index contributed by atoms with van der Waals surface area (Å²) < 4.78 is 7.06. The quantitative estimate of drug-likeness (QED) is 0.268. The lowest BCUT2D eigenvalue weighted by atomic mass is 10.3. The van der Waals surface area contributed by atoms with Gasteiger partial charge in [0.25, 0.3) is 8.32 Å². The average Bonchev–Trinajstić information content (AvgIpc) is 3.30. The molecule has 1 nitrogen and oxygen atoms in total. The smallest absolute Gasteiger partial charge is 0.294 e. The molecule has 1 aliphatic rings. The number of hydrogen-bond donors (Lipinski definition) is 1. The molecule has 3 aromatic rings. The van der Waals surface area contributed by atoms with Crippen LogP contribution in [0.4, 0.5) is 0 Å². The van der Waals surface area contributed by atoms with E-state index in [2.05, 4.69) is 72.8 Å². The van der Waals surface area contributed by atoms with Crippen molar-refractivity contribution in [2.75, 3.05) is 0 Å². The van der Waals surface area contributed by atoms with Crippen molar-refractivity contribution < 1.29 is 4.21 Å². The van der Waals surface area contributed by atoms with Crippen molar-refractivity contribution in [3.63, 3.8) is 0 Å². The van der Waals surface area contributed by atoms with Crippen LogP contribution in [-0.4, -0.2) is 8.32 Å². The molecule has 139 valence electrons. The van der Waals surface area contributed by atoms with Crippen molar-refractivity contribution in [2.24, 2.45) is 0 Å². The van der Waals surface area contributed by atoms with Gasteiger partial charge in [0.1, 0.15) is 5.47 Å². The summed E-state index contributed by atoms with van der Waals surface area (Å²) in [6, 6.07) is 31.4. The zero-order valence-electron chi connectivity index (χ0n) is 15.2. The van der Waals surface area contributed by atoms with Crippen molar-refractivity contribution >= 4 is 53.4 Å². The molecule has 28 heavy (non-hydrogen) atoms. The van der Waals surface area contributed by atoms with E-state index in [9.17, 15) is 0 Å². The van der Waals surface area contributed by atoms with Gasteiger partial charge in [-0.25, -0.2) is 0 Å². The fourth-order valence-electron chi connectivity index (χ4n) is 3.47. The van der Waals surface area contributed by atoms with Gasteiger partial charge in [-0.3, -0.25) is 0 Å². The maximum absolute atomic E-state index is 7.06. The number of rotatable bonds is 6. The summed E-state index contributed by atoms with van der Waals surface area (Å²) in [4.78, 5) is 0. The first-order valence-electron chi connectivity index (χ1n) is 9.05. The van der Waals surface area contributed by atoms with Crippen LogP contribution in [0.2, 0.25) is 0 Å². The number of hydrogen-bond acceptors (Lipinski definition) is 2. The topological polar surface area (TPSA) is 9.23 Å².